The number of rotatable bonds is 0. The van der Waals surface area contributed by atoms with Gasteiger partial charge in [-0.15, -0.1) is 0 Å². The van der Waals surface area contributed by atoms with Crippen molar-refractivity contribution in [2.24, 2.45) is 5.92 Å². The molecule has 4 rings (SSSR count). The zero-order valence-corrected chi connectivity index (χ0v) is 14.2. The lowest BCUT2D eigenvalue weighted by atomic mass is 9.86. The molecule has 1 unspecified atom stereocenters. The molecule has 1 heteroatoms. The van der Waals surface area contributed by atoms with E-state index in [-0.39, 0.29) is 0 Å². The molecule has 2 aliphatic rings. The van der Waals surface area contributed by atoms with E-state index >= 15 is 0 Å². The van der Waals surface area contributed by atoms with Gasteiger partial charge in [-0.05, 0) is 50.8 Å². The molecule has 2 aliphatic carbocycles. The summed E-state index contributed by atoms with van der Waals surface area (Å²) in [4.78, 5) is 0. The van der Waals surface area contributed by atoms with Crippen molar-refractivity contribution in [1.29, 1.82) is 0 Å². The first-order valence-corrected chi connectivity index (χ1v) is 8.56. The lowest BCUT2D eigenvalue weighted by Crippen LogP contribution is -2.07. The van der Waals surface area contributed by atoms with Crippen molar-refractivity contribution in [3.63, 3.8) is 0 Å². The molecule has 23 heavy (non-hydrogen) atoms. The van der Waals surface area contributed by atoms with Crippen LogP contribution in [0.25, 0.3) is 10.8 Å². The second-order valence-corrected chi connectivity index (χ2v) is 6.58. The smallest absolute Gasteiger partial charge is 0.0366 e. The molecular weight excluding hydrogens is 344 g/mol. The van der Waals surface area contributed by atoms with Crippen molar-refractivity contribution >= 4 is 26.7 Å². The average molecular weight is 359 g/mol. The third-order valence-electron chi connectivity index (χ3n) is 4.29. The molecule has 0 fully saturated rings. The molecule has 110 valence electrons. The van der Waals surface area contributed by atoms with E-state index in [1.165, 1.54) is 16.3 Å². The first-order valence-electron chi connectivity index (χ1n) is 7.77. The second-order valence-electron chi connectivity index (χ2n) is 5.79. The average Bonchev–Trinajstić information content (AvgIpc) is 2.61. The zero-order chi connectivity index (χ0) is 15.6. The van der Waals surface area contributed by atoms with Gasteiger partial charge in [0.25, 0.3) is 0 Å². The monoisotopic (exact) mass is 358 g/mol. The minimum atomic E-state index is 0.487. The summed E-state index contributed by atoms with van der Waals surface area (Å²) in [6.07, 6.45) is 11.9. The molecule has 1 atom stereocenters. The van der Waals surface area contributed by atoms with E-state index in [9.17, 15) is 0 Å². The molecule has 0 saturated heterocycles. The van der Waals surface area contributed by atoms with Crippen LogP contribution >= 0.6 is 15.9 Å². The topological polar surface area (TPSA) is 0 Å². The number of halogens is 1. The molecule has 0 spiro atoms. The molecule has 0 saturated carbocycles. The third-order valence-corrected chi connectivity index (χ3v) is 5.17. The van der Waals surface area contributed by atoms with Crippen molar-refractivity contribution in [2.75, 3.05) is 0 Å². The molecule has 0 heterocycles. The maximum Gasteiger partial charge on any atom is 0.0366 e. The van der Waals surface area contributed by atoms with Gasteiger partial charge in [0.2, 0.25) is 0 Å². The summed E-state index contributed by atoms with van der Waals surface area (Å²) in [7, 11) is 0. The van der Waals surface area contributed by atoms with Gasteiger partial charge in [-0.1, -0.05) is 72.6 Å². The fourth-order valence-corrected chi connectivity index (χ4v) is 3.72. The highest BCUT2D eigenvalue weighted by molar-refractivity contribution is 9.12. The summed E-state index contributed by atoms with van der Waals surface area (Å²) in [6.45, 7) is 0. The van der Waals surface area contributed by atoms with E-state index in [4.69, 9.17) is 0 Å². The van der Waals surface area contributed by atoms with Gasteiger partial charge in [-0.25, -0.2) is 0 Å². The van der Waals surface area contributed by atoms with E-state index in [1.54, 1.807) is 0 Å². The Morgan fingerprint density at radius 1 is 0.957 bits per heavy atom. The number of allylic oxidation sites excluding steroid dienone is 8. The fourth-order valence-electron chi connectivity index (χ4n) is 3.03. The van der Waals surface area contributed by atoms with Crippen LogP contribution < -0.4 is 0 Å². The minimum Gasteiger partial charge on any atom is -0.0767 e. The Morgan fingerprint density at radius 3 is 2.74 bits per heavy atom. The van der Waals surface area contributed by atoms with Crippen LogP contribution in [0.4, 0.5) is 0 Å². The van der Waals surface area contributed by atoms with Crippen molar-refractivity contribution in [3.8, 4) is 11.8 Å². The van der Waals surface area contributed by atoms with Crippen LogP contribution in [0, 0.1) is 17.8 Å². The van der Waals surface area contributed by atoms with E-state index in [0.29, 0.717) is 5.92 Å². The number of fused-ring (bicyclic) bond motifs is 2. The lowest BCUT2D eigenvalue weighted by molar-refractivity contribution is 0.774. The Hall–Kier alpha value is -2.30. The summed E-state index contributed by atoms with van der Waals surface area (Å²) < 4.78 is 1.13. The van der Waals surface area contributed by atoms with E-state index in [2.05, 4.69) is 101 Å². The van der Waals surface area contributed by atoms with Crippen molar-refractivity contribution in [1.82, 2.24) is 0 Å². The van der Waals surface area contributed by atoms with Crippen molar-refractivity contribution < 1.29 is 0 Å². The normalized spacial score (nSPS) is 19.2. The minimum absolute atomic E-state index is 0.487. The van der Waals surface area contributed by atoms with Crippen LogP contribution in [0.15, 0.2) is 88.5 Å². The third kappa shape index (κ3) is 2.83. The van der Waals surface area contributed by atoms with Gasteiger partial charge in [0.15, 0.2) is 0 Å². The van der Waals surface area contributed by atoms with Crippen LogP contribution in [0.2, 0.25) is 0 Å². The Morgan fingerprint density at radius 2 is 1.83 bits per heavy atom. The van der Waals surface area contributed by atoms with E-state index in [0.717, 1.165) is 22.0 Å². The number of hydrogen-bond donors (Lipinski definition) is 0. The van der Waals surface area contributed by atoms with E-state index in [1.807, 2.05) is 0 Å². The maximum absolute atomic E-state index is 3.73. The molecular formula is C22H15Br. The van der Waals surface area contributed by atoms with Crippen LogP contribution in [0.1, 0.15) is 12.0 Å². The Balaban J connectivity index is 1.67. The molecule has 2 aromatic rings. The predicted molar refractivity (Wildman–Crippen MR) is 101 cm³/mol. The summed E-state index contributed by atoms with van der Waals surface area (Å²) in [5.74, 6) is 7.13. The molecule has 2 aromatic carbocycles. The highest BCUT2D eigenvalue weighted by atomic mass is 79.9. The van der Waals surface area contributed by atoms with Gasteiger partial charge in [0.05, 0.1) is 0 Å². The van der Waals surface area contributed by atoms with Crippen LogP contribution in [-0.2, 0) is 0 Å². The first kappa shape index (κ1) is 14.3. The highest BCUT2D eigenvalue weighted by Gasteiger charge is 2.19. The predicted octanol–water partition coefficient (Wildman–Crippen LogP) is 5.91. The molecule has 0 nitrogen and oxygen atoms in total. The second kappa shape index (κ2) is 6.07. The standard InChI is InChI=1S/C22H15Br/c23-22-19(14-13-18-6-3-4-8-21(18)22)12-10-16-9-11-17-5-1-2-7-20(17)15-16/h1-9,11,14-15,18H,13H2. The zero-order valence-electron chi connectivity index (χ0n) is 12.6. The van der Waals surface area contributed by atoms with Gasteiger partial charge in [0, 0.05) is 21.5 Å². The summed E-state index contributed by atoms with van der Waals surface area (Å²) in [6, 6.07) is 14.7. The molecule has 0 radical (unpaired) electrons. The molecule has 0 amide bonds. The van der Waals surface area contributed by atoms with Crippen LogP contribution in [-0.4, -0.2) is 0 Å². The Labute approximate surface area is 145 Å². The molecule has 0 aliphatic heterocycles. The van der Waals surface area contributed by atoms with Crippen molar-refractivity contribution in [3.05, 3.63) is 94.0 Å². The Bertz CT molecular complexity index is 958. The number of hydrogen-bond acceptors (Lipinski definition) is 0. The number of benzene rings is 2. The largest absolute Gasteiger partial charge is 0.0767 e. The van der Waals surface area contributed by atoms with Crippen LogP contribution in [0.3, 0.4) is 0 Å². The fraction of sp³-hybridized carbons (Fsp3) is 0.0909. The van der Waals surface area contributed by atoms with Crippen LogP contribution in [0.5, 0.6) is 0 Å². The highest BCUT2D eigenvalue weighted by Crippen LogP contribution is 2.36. The Kier molecular flexibility index (Phi) is 3.77. The maximum atomic E-state index is 3.73. The molecule has 0 aromatic heterocycles. The summed E-state index contributed by atoms with van der Waals surface area (Å²) >= 11 is 3.73. The summed E-state index contributed by atoms with van der Waals surface area (Å²) in [5, 5.41) is 2.48. The lowest BCUT2D eigenvalue weighted by Gasteiger charge is -2.22. The first-order chi connectivity index (χ1) is 11.3. The summed E-state index contributed by atoms with van der Waals surface area (Å²) in [5.41, 5.74) is 3.47. The van der Waals surface area contributed by atoms with Gasteiger partial charge >= 0.3 is 0 Å². The van der Waals surface area contributed by atoms with Gasteiger partial charge in [-0.2, -0.15) is 0 Å². The van der Waals surface area contributed by atoms with Crippen molar-refractivity contribution in [2.45, 2.75) is 6.42 Å². The van der Waals surface area contributed by atoms with Gasteiger partial charge < -0.3 is 0 Å². The van der Waals surface area contributed by atoms with Gasteiger partial charge in [-0.3, -0.25) is 0 Å². The quantitative estimate of drug-likeness (QED) is 0.513. The molecule has 0 bridgehead atoms. The van der Waals surface area contributed by atoms with E-state index < -0.39 is 0 Å². The SMILES string of the molecule is BrC1=C2C=CC=CC2CC=C1C#Cc1ccc2ccccc2c1. The van der Waals surface area contributed by atoms with Gasteiger partial charge in [0.1, 0.15) is 0 Å². The molecule has 0 N–H and O–H groups in total.